The molecule has 0 saturated heterocycles. The van der Waals surface area contributed by atoms with Crippen LogP contribution in [0.3, 0.4) is 0 Å². The van der Waals surface area contributed by atoms with Gasteiger partial charge >= 0.3 is 23.9 Å². The second-order valence-corrected chi connectivity index (χ2v) is 22.5. The number of nitrogens with one attached hydrogen (secondary N) is 2. The second-order valence-electron chi connectivity index (χ2n) is 22.5. The van der Waals surface area contributed by atoms with Crippen LogP contribution in [0.4, 0.5) is 0 Å². The number of ether oxygens (including phenoxy) is 4. The molecule has 0 aromatic carbocycles. The number of carbonyl (C=O) groups excluding carboxylic acids is 6. The summed E-state index contributed by atoms with van der Waals surface area (Å²) < 4.78 is 23.6. The number of aliphatic hydroxyl groups excluding tert-OH is 1. The lowest BCUT2D eigenvalue weighted by atomic mass is 9.95. The van der Waals surface area contributed by atoms with Crippen molar-refractivity contribution in [2.24, 2.45) is 5.92 Å². The number of aliphatic hydroxyl groups is 1. The first-order valence-electron chi connectivity index (χ1n) is 29.1. The van der Waals surface area contributed by atoms with Crippen LogP contribution in [0.2, 0.25) is 0 Å². The van der Waals surface area contributed by atoms with Gasteiger partial charge in [-0.1, -0.05) is 109 Å². The molecular formula is C59H110N4O11+2. The lowest BCUT2D eigenvalue weighted by Gasteiger charge is -2.24. The first-order valence-corrected chi connectivity index (χ1v) is 29.1. The van der Waals surface area contributed by atoms with E-state index in [1.807, 2.05) is 48.4 Å². The molecule has 0 saturated carbocycles. The molecule has 4 unspecified atom stereocenters. The maximum atomic E-state index is 12.7. The highest BCUT2D eigenvalue weighted by molar-refractivity contribution is 5.77. The van der Waals surface area contributed by atoms with Gasteiger partial charge in [0.25, 0.3) is 0 Å². The number of likely N-dealkylation sites (N-methyl/N-ethyl adjacent to an activating group) is 2. The summed E-state index contributed by atoms with van der Waals surface area (Å²) in [5, 5.41) is 16.7. The third-order valence-electron chi connectivity index (χ3n) is 12.9. The summed E-state index contributed by atoms with van der Waals surface area (Å²) in [5.74, 6) is -0.962. The number of amides is 2. The third-order valence-corrected chi connectivity index (χ3v) is 12.9. The molecular weight excluding hydrogens is 941 g/mol. The minimum Gasteiger partial charge on any atom is -0.462 e. The van der Waals surface area contributed by atoms with Crippen LogP contribution in [0, 0.1) is 5.92 Å². The first kappa shape index (κ1) is 70.2. The van der Waals surface area contributed by atoms with Crippen molar-refractivity contribution < 1.29 is 61.8 Å². The van der Waals surface area contributed by atoms with Crippen molar-refractivity contribution >= 4 is 35.7 Å². The monoisotopic (exact) mass is 1050 g/mol. The van der Waals surface area contributed by atoms with Crippen LogP contribution in [0.5, 0.6) is 0 Å². The Morgan fingerprint density at radius 2 is 0.851 bits per heavy atom. The van der Waals surface area contributed by atoms with Crippen molar-refractivity contribution in [3.05, 3.63) is 24.3 Å². The van der Waals surface area contributed by atoms with E-state index in [2.05, 4.69) is 49.6 Å². The number of unbranched alkanes of at least 4 members (excludes halogenated alkanes) is 14. The highest BCUT2D eigenvalue weighted by Crippen LogP contribution is 2.21. The predicted octanol–water partition coefficient (Wildman–Crippen LogP) is 10.4. The number of nitrogens with zero attached hydrogens (tertiary/aromatic N) is 2. The van der Waals surface area contributed by atoms with E-state index in [0.29, 0.717) is 69.3 Å². The summed E-state index contributed by atoms with van der Waals surface area (Å²) in [7, 11) is 12.2. The summed E-state index contributed by atoms with van der Waals surface area (Å²) in [6.07, 6.45) is 30.4. The zero-order valence-electron chi connectivity index (χ0n) is 48.5. The number of quaternary nitrogens is 2. The molecule has 0 aromatic rings. The van der Waals surface area contributed by atoms with Crippen LogP contribution < -0.4 is 10.6 Å². The molecule has 2 amide bonds. The highest BCUT2D eigenvalue weighted by atomic mass is 16.6. The minimum atomic E-state index is -0.779. The summed E-state index contributed by atoms with van der Waals surface area (Å²) in [6.45, 7) is 9.47. The molecule has 0 aliphatic heterocycles. The fourth-order valence-corrected chi connectivity index (χ4v) is 8.02. The Hall–Kier alpha value is -3.82. The summed E-state index contributed by atoms with van der Waals surface area (Å²) in [4.78, 5) is 73.9. The molecule has 0 aliphatic carbocycles. The van der Waals surface area contributed by atoms with E-state index >= 15 is 0 Å². The average molecular weight is 1050 g/mol. The normalized spacial score (nSPS) is 13.6. The lowest BCUT2D eigenvalue weighted by molar-refractivity contribution is -0.870. The lowest BCUT2D eigenvalue weighted by Crippen LogP contribution is -2.38. The third kappa shape index (κ3) is 46.7. The highest BCUT2D eigenvalue weighted by Gasteiger charge is 2.23. The number of esters is 4. The molecule has 0 aliphatic rings. The molecule has 0 rings (SSSR count). The Kier molecular flexibility index (Phi) is 43.0. The average Bonchev–Trinajstić information content (AvgIpc) is 3.32. The smallest absolute Gasteiger partial charge is 0.306 e. The van der Waals surface area contributed by atoms with Crippen molar-refractivity contribution in [1.29, 1.82) is 0 Å². The molecule has 74 heavy (non-hydrogen) atoms. The quantitative estimate of drug-likeness (QED) is 0.0173. The fraction of sp³-hybridized carbons (Fsp3) is 0.831. The van der Waals surface area contributed by atoms with Crippen LogP contribution in [-0.4, -0.2) is 150 Å². The van der Waals surface area contributed by atoms with Gasteiger partial charge in [-0.15, -0.1) is 0 Å². The molecule has 3 N–H and O–H groups in total. The van der Waals surface area contributed by atoms with E-state index in [1.165, 1.54) is 0 Å². The summed E-state index contributed by atoms with van der Waals surface area (Å²) >= 11 is 0. The zero-order valence-corrected chi connectivity index (χ0v) is 48.5. The van der Waals surface area contributed by atoms with E-state index < -0.39 is 18.2 Å². The van der Waals surface area contributed by atoms with Crippen molar-refractivity contribution in [3.63, 3.8) is 0 Å². The number of allylic oxidation sites excluding steroid dienone is 3. The molecule has 15 nitrogen and oxygen atoms in total. The topological polar surface area (TPSA) is 184 Å². The Balaban J connectivity index is 4.08. The van der Waals surface area contributed by atoms with E-state index in [0.717, 1.165) is 146 Å². The molecule has 0 radical (unpaired) electrons. The van der Waals surface area contributed by atoms with Crippen LogP contribution in [-0.2, 0) is 47.7 Å². The number of hydrogen-bond acceptors (Lipinski definition) is 11. The van der Waals surface area contributed by atoms with Gasteiger partial charge in [0.15, 0.2) is 0 Å². The van der Waals surface area contributed by atoms with Gasteiger partial charge in [0.2, 0.25) is 11.8 Å². The van der Waals surface area contributed by atoms with Crippen molar-refractivity contribution in [2.75, 3.05) is 81.7 Å². The molecule has 4 atom stereocenters. The Morgan fingerprint density at radius 3 is 1.30 bits per heavy atom. The number of carbonyl (C=O) groups is 6. The van der Waals surface area contributed by atoms with Crippen LogP contribution in [0.15, 0.2) is 24.3 Å². The van der Waals surface area contributed by atoms with E-state index in [9.17, 15) is 33.9 Å². The van der Waals surface area contributed by atoms with E-state index in [4.69, 9.17) is 18.9 Å². The van der Waals surface area contributed by atoms with Gasteiger partial charge < -0.3 is 43.7 Å². The van der Waals surface area contributed by atoms with Gasteiger partial charge in [-0.25, -0.2) is 0 Å². The van der Waals surface area contributed by atoms with E-state index in [-0.39, 0.29) is 67.4 Å². The summed E-state index contributed by atoms with van der Waals surface area (Å²) in [5.41, 5.74) is 0. The van der Waals surface area contributed by atoms with Gasteiger partial charge in [-0.05, 0) is 95.8 Å². The van der Waals surface area contributed by atoms with Gasteiger partial charge in [-0.2, -0.15) is 0 Å². The second kappa shape index (κ2) is 45.4. The predicted molar refractivity (Wildman–Crippen MR) is 297 cm³/mol. The van der Waals surface area contributed by atoms with Gasteiger partial charge in [-0.3, -0.25) is 28.8 Å². The minimum absolute atomic E-state index is 0.0117. The standard InChI is InChI=1S/C59H108N4O11/c1-10-12-26-36-52(73-58(69)42-32-40-56(67)71-48-46-62(4,5)6)50(3)34-28-22-18-14-16-20-24-30-38-54(65)60-44-45-61-55(66)39-31-25-21-17-15-19-23-29-35-51(64)53(37-27-13-11-2)74-59(70)43-33-41-57(68)72-49-47-63(7,8)9/h22-23,28-29,50-53,64H,10-21,24-27,30-49H2,1-9H3/p+2. The van der Waals surface area contributed by atoms with Gasteiger partial charge in [0.05, 0.1) is 48.4 Å². The number of rotatable bonds is 49. The Bertz CT molecular complexity index is 1430. The number of hydrogen-bond donors (Lipinski definition) is 3. The van der Waals surface area contributed by atoms with Gasteiger partial charge in [0, 0.05) is 51.6 Å². The fourth-order valence-electron chi connectivity index (χ4n) is 8.02. The molecule has 15 heteroatoms. The molecule has 0 fully saturated rings. The first-order chi connectivity index (χ1) is 35.3. The summed E-state index contributed by atoms with van der Waals surface area (Å²) in [6, 6.07) is 0. The molecule has 0 spiro atoms. The maximum absolute atomic E-state index is 12.7. The van der Waals surface area contributed by atoms with Crippen molar-refractivity contribution in [3.8, 4) is 0 Å². The SMILES string of the molecule is CCCCCC(OC(=O)CCCC(=O)OCC[N+](C)(C)C)C(C)CC=CCCCCCCCC(=O)NCCNC(=O)CCCCCCCC=CCC(O)C(CCCCC)OC(=O)CCCC(=O)OCC[N+](C)(C)C. The maximum Gasteiger partial charge on any atom is 0.306 e. The molecule has 0 aromatic heterocycles. The Labute approximate surface area is 450 Å². The molecule has 0 bridgehead atoms. The molecule has 430 valence electrons. The largest absolute Gasteiger partial charge is 0.462 e. The van der Waals surface area contributed by atoms with Crippen LogP contribution in [0.25, 0.3) is 0 Å². The van der Waals surface area contributed by atoms with Crippen molar-refractivity contribution in [2.45, 2.75) is 232 Å². The Morgan fingerprint density at radius 1 is 0.459 bits per heavy atom. The van der Waals surface area contributed by atoms with Crippen LogP contribution >= 0.6 is 0 Å². The van der Waals surface area contributed by atoms with Gasteiger partial charge in [0.1, 0.15) is 38.5 Å². The zero-order chi connectivity index (χ0) is 55.3. The van der Waals surface area contributed by atoms with Crippen LogP contribution in [0.1, 0.15) is 213 Å². The molecule has 0 heterocycles. The van der Waals surface area contributed by atoms with E-state index in [1.54, 1.807) is 0 Å². The van der Waals surface area contributed by atoms with Crippen molar-refractivity contribution in [1.82, 2.24) is 10.6 Å².